The van der Waals surface area contributed by atoms with E-state index < -0.39 is 34.1 Å². The molecule has 0 radical (unpaired) electrons. The lowest BCUT2D eigenvalue weighted by Crippen LogP contribution is -2.23. The number of aliphatic hydroxyl groups is 1. The van der Waals surface area contributed by atoms with E-state index in [9.17, 15) is 17.6 Å². The monoisotopic (exact) mass is 311 g/mol. The van der Waals surface area contributed by atoms with Gasteiger partial charge in [0.2, 0.25) is 5.91 Å². The van der Waals surface area contributed by atoms with Crippen LogP contribution in [0.25, 0.3) is 0 Å². The molecule has 5 nitrogen and oxygen atoms in total. The van der Waals surface area contributed by atoms with Gasteiger partial charge in [-0.25, -0.2) is 12.8 Å². The number of hydrogen-bond acceptors (Lipinski definition) is 4. The van der Waals surface area contributed by atoms with Crippen LogP contribution in [0.15, 0.2) is 18.2 Å². The number of sulfone groups is 1. The fourth-order valence-corrected chi connectivity index (χ4v) is 3.82. The molecule has 1 unspecified atom stereocenters. The molecule has 0 aliphatic carbocycles. The SMILES string of the molecule is O=C(Nc1ccc(F)c(C#CCO)c1)C1CCS(=O)(=O)C1. The third-order valence-electron chi connectivity index (χ3n) is 3.14. The average Bonchev–Trinajstić information content (AvgIpc) is 2.80. The number of benzene rings is 1. The summed E-state index contributed by atoms with van der Waals surface area (Å²) < 4.78 is 36.1. The summed E-state index contributed by atoms with van der Waals surface area (Å²) in [6, 6.07) is 3.88. The number of halogens is 1. The van der Waals surface area contributed by atoms with Crippen molar-refractivity contribution in [2.45, 2.75) is 6.42 Å². The maximum atomic E-state index is 13.5. The highest BCUT2D eigenvalue weighted by atomic mass is 32.2. The third-order valence-corrected chi connectivity index (χ3v) is 4.91. The van der Waals surface area contributed by atoms with Crippen molar-refractivity contribution in [1.29, 1.82) is 0 Å². The van der Waals surface area contributed by atoms with Gasteiger partial charge in [0, 0.05) is 5.69 Å². The lowest BCUT2D eigenvalue weighted by Gasteiger charge is -2.10. The fraction of sp³-hybridized carbons (Fsp3) is 0.357. The molecule has 0 aromatic heterocycles. The molecule has 112 valence electrons. The van der Waals surface area contributed by atoms with Crippen LogP contribution < -0.4 is 5.32 Å². The van der Waals surface area contributed by atoms with Gasteiger partial charge in [0.25, 0.3) is 0 Å². The number of carbonyl (C=O) groups is 1. The van der Waals surface area contributed by atoms with Crippen LogP contribution in [0.2, 0.25) is 0 Å². The summed E-state index contributed by atoms with van der Waals surface area (Å²) in [5.41, 5.74) is 0.397. The smallest absolute Gasteiger partial charge is 0.228 e. The molecule has 0 spiro atoms. The minimum absolute atomic E-state index is 0.0156. The highest BCUT2D eigenvalue weighted by molar-refractivity contribution is 7.91. The highest BCUT2D eigenvalue weighted by Crippen LogP contribution is 2.21. The zero-order valence-electron chi connectivity index (χ0n) is 11.1. The second-order valence-corrected chi connectivity index (χ2v) is 6.97. The van der Waals surface area contributed by atoms with Gasteiger partial charge in [-0.3, -0.25) is 4.79 Å². The molecule has 1 saturated heterocycles. The van der Waals surface area contributed by atoms with Gasteiger partial charge in [-0.2, -0.15) is 0 Å². The zero-order chi connectivity index (χ0) is 15.5. The van der Waals surface area contributed by atoms with E-state index in [2.05, 4.69) is 17.2 Å². The number of hydrogen-bond donors (Lipinski definition) is 2. The number of anilines is 1. The van der Waals surface area contributed by atoms with Crippen molar-refractivity contribution in [3.8, 4) is 11.8 Å². The van der Waals surface area contributed by atoms with Crippen molar-refractivity contribution in [3.63, 3.8) is 0 Å². The molecule has 1 aromatic rings. The Morgan fingerprint density at radius 1 is 1.48 bits per heavy atom. The van der Waals surface area contributed by atoms with Gasteiger partial charge in [-0.1, -0.05) is 11.8 Å². The van der Waals surface area contributed by atoms with E-state index in [1.807, 2.05) is 0 Å². The summed E-state index contributed by atoms with van der Waals surface area (Å²) in [5, 5.41) is 11.2. The van der Waals surface area contributed by atoms with Crippen molar-refractivity contribution in [2.75, 3.05) is 23.4 Å². The molecule has 7 heteroatoms. The van der Waals surface area contributed by atoms with Crippen molar-refractivity contribution in [1.82, 2.24) is 0 Å². The fourth-order valence-electron chi connectivity index (χ4n) is 2.08. The van der Waals surface area contributed by atoms with E-state index in [1.54, 1.807) is 0 Å². The van der Waals surface area contributed by atoms with Gasteiger partial charge < -0.3 is 10.4 Å². The molecule has 1 aliphatic rings. The minimum Gasteiger partial charge on any atom is -0.384 e. The van der Waals surface area contributed by atoms with Gasteiger partial charge in [0.15, 0.2) is 9.84 Å². The van der Waals surface area contributed by atoms with Gasteiger partial charge in [-0.15, -0.1) is 0 Å². The average molecular weight is 311 g/mol. The Morgan fingerprint density at radius 2 is 2.24 bits per heavy atom. The molecule has 1 aliphatic heterocycles. The maximum absolute atomic E-state index is 13.5. The van der Waals surface area contributed by atoms with Crippen LogP contribution >= 0.6 is 0 Å². The summed E-state index contributed by atoms with van der Waals surface area (Å²) in [5.74, 6) is 3.09. The van der Waals surface area contributed by atoms with Gasteiger partial charge in [0.05, 0.1) is 23.0 Å². The number of carbonyl (C=O) groups excluding carboxylic acids is 1. The maximum Gasteiger partial charge on any atom is 0.228 e. The van der Waals surface area contributed by atoms with Crippen LogP contribution in [0.4, 0.5) is 10.1 Å². The highest BCUT2D eigenvalue weighted by Gasteiger charge is 2.32. The Kier molecular flexibility index (Phi) is 4.60. The quantitative estimate of drug-likeness (QED) is 0.781. The largest absolute Gasteiger partial charge is 0.384 e. The number of aliphatic hydroxyl groups excluding tert-OH is 1. The second-order valence-electron chi connectivity index (χ2n) is 4.74. The van der Waals surface area contributed by atoms with Crippen molar-refractivity contribution in [2.24, 2.45) is 5.92 Å². The predicted octanol–water partition coefficient (Wildman–Crippen LogP) is 0.543. The standard InChI is InChI=1S/C14H14FNO4S/c15-13-4-3-12(8-10(13)2-1-6-17)16-14(18)11-5-7-21(19,20)9-11/h3-4,8,11,17H,5-7,9H2,(H,16,18). The van der Waals surface area contributed by atoms with E-state index in [-0.39, 0.29) is 17.1 Å². The molecule has 1 aromatic carbocycles. The Bertz CT molecular complexity index is 718. The molecule has 1 amide bonds. The molecule has 21 heavy (non-hydrogen) atoms. The summed E-state index contributed by atoms with van der Waals surface area (Å²) in [6.07, 6.45) is 0.298. The van der Waals surface area contributed by atoms with Gasteiger partial charge in [-0.05, 0) is 24.6 Å². The number of nitrogens with one attached hydrogen (secondary N) is 1. The van der Waals surface area contributed by atoms with E-state index in [1.165, 1.54) is 12.1 Å². The van der Waals surface area contributed by atoms with Crippen molar-refractivity contribution in [3.05, 3.63) is 29.6 Å². The van der Waals surface area contributed by atoms with Crippen molar-refractivity contribution >= 4 is 21.4 Å². The first kappa shape index (κ1) is 15.5. The van der Waals surface area contributed by atoms with Gasteiger partial charge in [0.1, 0.15) is 12.4 Å². The number of amides is 1. The van der Waals surface area contributed by atoms with E-state index >= 15 is 0 Å². The molecule has 2 rings (SSSR count). The van der Waals surface area contributed by atoms with E-state index in [0.29, 0.717) is 12.1 Å². The molecule has 1 fully saturated rings. The normalized spacial score (nSPS) is 19.6. The Balaban J connectivity index is 2.11. The first-order valence-electron chi connectivity index (χ1n) is 6.32. The Hall–Kier alpha value is -1.91. The van der Waals surface area contributed by atoms with E-state index in [0.717, 1.165) is 6.07 Å². The third kappa shape index (κ3) is 4.03. The van der Waals surface area contributed by atoms with Crippen LogP contribution in [0.3, 0.4) is 0 Å². The molecule has 1 heterocycles. The van der Waals surface area contributed by atoms with Crippen LogP contribution in [0.5, 0.6) is 0 Å². The van der Waals surface area contributed by atoms with Crippen LogP contribution in [-0.2, 0) is 14.6 Å². The molecular weight excluding hydrogens is 297 g/mol. The Labute approximate surface area is 122 Å². The molecular formula is C14H14FNO4S. The van der Waals surface area contributed by atoms with Crippen LogP contribution in [0.1, 0.15) is 12.0 Å². The lowest BCUT2D eigenvalue weighted by molar-refractivity contribution is -0.119. The van der Waals surface area contributed by atoms with Crippen LogP contribution in [0, 0.1) is 23.6 Å². The topological polar surface area (TPSA) is 83.5 Å². The van der Waals surface area contributed by atoms with Crippen LogP contribution in [-0.4, -0.2) is 37.5 Å². The number of rotatable bonds is 2. The Morgan fingerprint density at radius 3 is 2.86 bits per heavy atom. The summed E-state index contributed by atoms with van der Waals surface area (Å²) in [6.45, 7) is -0.393. The summed E-state index contributed by atoms with van der Waals surface area (Å²) in [7, 11) is -3.13. The second kappa shape index (κ2) is 6.24. The van der Waals surface area contributed by atoms with E-state index in [4.69, 9.17) is 5.11 Å². The summed E-state index contributed by atoms with van der Waals surface area (Å²) >= 11 is 0. The van der Waals surface area contributed by atoms with Crippen molar-refractivity contribution < 1.29 is 22.7 Å². The lowest BCUT2D eigenvalue weighted by atomic mass is 10.1. The van der Waals surface area contributed by atoms with Gasteiger partial charge >= 0.3 is 0 Å². The molecule has 0 bridgehead atoms. The molecule has 0 saturated carbocycles. The first-order chi connectivity index (χ1) is 9.91. The molecule has 1 atom stereocenters. The zero-order valence-corrected chi connectivity index (χ0v) is 11.9. The first-order valence-corrected chi connectivity index (χ1v) is 8.14. The molecule has 2 N–H and O–H groups in total. The predicted molar refractivity (Wildman–Crippen MR) is 75.8 cm³/mol. The minimum atomic E-state index is -3.13. The summed E-state index contributed by atoms with van der Waals surface area (Å²) in [4.78, 5) is 12.0.